The lowest BCUT2D eigenvalue weighted by Crippen LogP contribution is -2.49. The fraction of sp³-hybridized carbons (Fsp3) is 0.444. The van der Waals surface area contributed by atoms with Crippen LogP contribution < -0.4 is 5.32 Å². The predicted octanol–water partition coefficient (Wildman–Crippen LogP) is 2.53. The number of amides is 1. The molecule has 0 aliphatic carbocycles. The molecule has 24 heavy (non-hydrogen) atoms. The minimum Gasteiger partial charge on any atom is -0.480 e. The second-order valence-electron chi connectivity index (χ2n) is 6.21. The third kappa shape index (κ3) is 3.43. The van der Waals surface area contributed by atoms with E-state index in [2.05, 4.69) is 5.32 Å². The highest BCUT2D eigenvalue weighted by molar-refractivity contribution is 5.89. The Bertz CT molecular complexity index is 699. The van der Waals surface area contributed by atoms with Crippen LogP contribution >= 0.6 is 0 Å². The summed E-state index contributed by atoms with van der Waals surface area (Å²) in [5, 5.41) is 13.0. The minimum atomic E-state index is -1.03. The van der Waals surface area contributed by atoms with Crippen molar-refractivity contribution in [2.24, 2.45) is 5.92 Å². The largest absolute Gasteiger partial charge is 0.480 e. The molecule has 6 nitrogen and oxygen atoms in total. The predicted molar refractivity (Wildman–Crippen MR) is 87.7 cm³/mol. The van der Waals surface area contributed by atoms with Crippen LogP contribution in [0.15, 0.2) is 34.7 Å². The van der Waals surface area contributed by atoms with Gasteiger partial charge in [-0.3, -0.25) is 4.79 Å². The van der Waals surface area contributed by atoms with Crippen molar-refractivity contribution in [3.05, 3.63) is 36.1 Å². The van der Waals surface area contributed by atoms with Crippen molar-refractivity contribution in [2.75, 3.05) is 13.2 Å². The molecule has 1 fully saturated rings. The van der Waals surface area contributed by atoms with Crippen LogP contribution in [0.1, 0.15) is 31.4 Å². The maximum absolute atomic E-state index is 12.5. The summed E-state index contributed by atoms with van der Waals surface area (Å²) in [6, 6.07) is 8.39. The number of rotatable bonds is 5. The molecule has 1 aromatic carbocycles. The van der Waals surface area contributed by atoms with Gasteiger partial charge in [-0.15, -0.1) is 0 Å². The summed E-state index contributed by atoms with van der Waals surface area (Å²) in [5.74, 6) is -1.63. The van der Waals surface area contributed by atoms with E-state index < -0.39 is 17.9 Å². The van der Waals surface area contributed by atoms with Crippen LogP contribution in [0.4, 0.5) is 0 Å². The van der Waals surface area contributed by atoms with Gasteiger partial charge in [0.1, 0.15) is 17.4 Å². The topological polar surface area (TPSA) is 88.8 Å². The number of benzene rings is 1. The molecule has 2 heterocycles. The summed E-state index contributed by atoms with van der Waals surface area (Å²) in [5.41, 5.74) is 0.711. The van der Waals surface area contributed by atoms with E-state index in [0.717, 1.165) is 18.2 Å². The monoisotopic (exact) mass is 331 g/mol. The van der Waals surface area contributed by atoms with Gasteiger partial charge < -0.3 is 19.6 Å². The summed E-state index contributed by atoms with van der Waals surface area (Å²) in [6.45, 7) is 2.71. The van der Waals surface area contributed by atoms with Crippen LogP contribution in [0.2, 0.25) is 0 Å². The highest BCUT2D eigenvalue weighted by atomic mass is 16.5. The van der Waals surface area contributed by atoms with Crippen molar-refractivity contribution < 1.29 is 23.8 Å². The van der Waals surface area contributed by atoms with E-state index in [1.54, 1.807) is 6.92 Å². The fourth-order valence-corrected chi connectivity index (χ4v) is 3.03. The van der Waals surface area contributed by atoms with Crippen LogP contribution in [0.3, 0.4) is 0 Å². The Labute approximate surface area is 139 Å². The van der Waals surface area contributed by atoms with Crippen molar-refractivity contribution in [1.82, 2.24) is 5.32 Å². The summed E-state index contributed by atoms with van der Waals surface area (Å²) >= 11 is 0. The van der Waals surface area contributed by atoms with E-state index in [1.807, 2.05) is 30.3 Å². The van der Waals surface area contributed by atoms with Gasteiger partial charge in [0.15, 0.2) is 0 Å². The molecular formula is C18H21NO5. The number of carboxylic acids is 1. The van der Waals surface area contributed by atoms with Crippen molar-refractivity contribution in [2.45, 2.75) is 31.7 Å². The summed E-state index contributed by atoms with van der Waals surface area (Å²) in [6.07, 6.45) is 1.54. The second kappa shape index (κ2) is 7.05. The number of para-hydroxylation sites is 1. The number of fused-ring (bicyclic) bond motifs is 1. The molecule has 2 N–H and O–H groups in total. The average molecular weight is 331 g/mol. The molecular weight excluding hydrogens is 310 g/mol. The van der Waals surface area contributed by atoms with Gasteiger partial charge in [-0.2, -0.15) is 0 Å². The second-order valence-corrected chi connectivity index (χ2v) is 6.21. The zero-order valence-corrected chi connectivity index (χ0v) is 13.5. The van der Waals surface area contributed by atoms with E-state index in [9.17, 15) is 14.7 Å². The van der Waals surface area contributed by atoms with Crippen LogP contribution in [0, 0.1) is 5.92 Å². The molecule has 1 amide bonds. The highest BCUT2D eigenvalue weighted by Crippen LogP contribution is 2.26. The molecule has 128 valence electrons. The molecule has 1 aliphatic rings. The smallest absolute Gasteiger partial charge is 0.326 e. The molecule has 1 aliphatic heterocycles. The van der Waals surface area contributed by atoms with E-state index in [4.69, 9.17) is 9.15 Å². The normalized spacial score (nSPS) is 20.5. The number of ether oxygens (including phenoxy) is 1. The molecule has 3 rings (SSSR count). The van der Waals surface area contributed by atoms with Crippen molar-refractivity contribution in [1.29, 1.82) is 0 Å². The number of nitrogens with one attached hydrogen (secondary N) is 1. The zero-order valence-electron chi connectivity index (χ0n) is 13.5. The SMILES string of the molecule is CC(C(=O)NC(C(=O)O)C1CCCOC1)c1cc2ccccc2o1. The van der Waals surface area contributed by atoms with Crippen LogP contribution in [0.25, 0.3) is 11.0 Å². The molecule has 0 saturated carbocycles. The molecule has 0 bridgehead atoms. The van der Waals surface area contributed by atoms with Gasteiger partial charge in [0.05, 0.1) is 12.5 Å². The first-order valence-electron chi connectivity index (χ1n) is 8.15. The summed E-state index contributed by atoms with van der Waals surface area (Å²) in [7, 11) is 0. The zero-order chi connectivity index (χ0) is 17.1. The molecule has 3 unspecified atom stereocenters. The Hall–Kier alpha value is -2.34. The van der Waals surface area contributed by atoms with E-state index in [0.29, 0.717) is 24.6 Å². The van der Waals surface area contributed by atoms with E-state index in [-0.39, 0.29) is 11.8 Å². The molecule has 1 saturated heterocycles. The molecule has 3 atom stereocenters. The maximum atomic E-state index is 12.5. The van der Waals surface area contributed by atoms with Gasteiger partial charge >= 0.3 is 5.97 Å². The lowest BCUT2D eigenvalue weighted by atomic mass is 9.93. The first-order valence-corrected chi connectivity index (χ1v) is 8.15. The maximum Gasteiger partial charge on any atom is 0.326 e. The molecule has 2 aromatic rings. The van der Waals surface area contributed by atoms with E-state index in [1.165, 1.54) is 0 Å². The average Bonchev–Trinajstić information content (AvgIpc) is 3.03. The molecule has 6 heteroatoms. The van der Waals surface area contributed by atoms with Gasteiger partial charge in [-0.25, -0.2) is 4.79 Å². The molecule has 0 spiro atoms. The molecule has 0 radical (unpaired) electrons. The van der Waals surface area contributed by atoms with Crippen LogP contribution in [0.5, 0.6) is 0 Å². The van der Waals surface area contributed by atoms with Crippen molar-refractivity contribution in [3.8, 4) is 0 Å². The van der Waals surface area contributed by atoms with Gasteiger partial charge in [0, 0.05) is 17.9 Å². The number of aliphatic carboxylic acids is 1. The van der Waals surface area contributed by atoms with Crippen LogP contribution in [-0.2, 0) is 14.3 Å². The lowest BCUT2D eigenvalue weighted by Gasteiger charge is -2.28. The standard InChI is InChI=1S/C18H21NO5/c1-11(15-9-12-5-2-3-7-14(12)24-15)17(20)19-16(18(21)22)13-6-4-8-23-10-13/h2-3,5,7,9,11,13,16H,4,6,8,10H2,1H3,(H,19,20)(H,21,22). The Morgan fingerprint density at radius 2 is 2.12 bits per heavy atom. The fourth-order valence-electron chi connectivity index (χ4n) is 3.03. The Morgan fingerprint density at radius 1 is 1.33 bits per heavy atom. The number of hydrogen-bond donors (Lipinski definition) is 2. The first kappa shape index (κ1) is 16.5. The summed E-state index contributed by atoms with van der Waals surface area (Å²) < 4.78 is 11.1. The number of carbonyl (C=O) groups excluding carboxylic acids is 1. The van der Waals surface area contributed by atoms with E-state index >= 15 is 0 Å². The summed E-state index contributed by atoms with van der Waals surface area (Å²) in [4.78, 5) is 24.0. The van der Waals surface area contributed by atoms with Crippen molar-refractivity contribution in [3.63, 3.8) is 0 Å². The first-order chi connectivity index (χ1) is 11.6. The van der Waals surface area contributed by atoms with Gasteiger partial charge in [-0.1, -0.05) is 18.2 Å². The van der Waals surface area contributed by atoms with Crippen LogP contribution in [-0.4, -0.2) is 36.2 Å². The van der Waals surface area contributed by atoms with Gasteiger partial charge in [-0.05, 0) is 31.9 Å². The van der Waals surface area contributed by atoms with Gasteiger partial charge in [0.25, 0.3) is 0 Å². The molecule has 1 aromatic heterocycles. The number of furan rings is 1. The third-order valence-electron chi connectivity index (χ3n) is 4.50. The quantitative estimate of drug-likeness (QED) is 0.879. The Morgan fingerprint density at radius 3 is 2.79 bits per heavy atom. The lowest BCUT2D eigenvalue weighted by molar-refractivity contribution is -0.145. The number of hydrogen-bond acceptors (Lipinski definition) is 4. The van der Waals surface area contributed by atoms with Gasteiger partial charge in [0.2, 0.25) is 5.91 Å². The number of carboxylic acid groups (broad SMARTS) is 1. The Kier molecular flexibility index (Phi) is 4.85. The van der Waals surface area contributed by atoms with Crippen molar-refractivity contribution >= 4 is 22.8 Å². The Balaban J connectivity index is 1.72. The minimum absolute atomic E-state index is 0.205. The highest BCUT2D eigenvalue weighted by Gasteiger charge is 2.33. The third-order valence-corrected chi connectivity index (χ3v) is 4.50. The number of carbonyl (C=O) groups is 2.